The van der Waals surface area contributed by atoms with Crippen LogP contribution in [0.3, 0.4) is 0 Å². The molecular weight excluding hydrogens is 1210 g/mol. The molecule has 94 heavy (non-hydrogen) atoms. The number of carboxylic acids is 1. The first-order chi connectivity index (χ1) is 45.1. The van der Waals surface area contributed by atoms with Gasteiger partial charge in [-0.15, -0.1) is 0 Å². The largest absolute Gasteiger partial charge is 0.504 e. The van der Waals surface area contributed by atoms with Crippen molar-refractivity contribution in [1.29, 1.82) is 0 Å². The van der Waals surface area contributed by atoms with Gasteiger partial charge in [0.05, 0.1) is 33.5 Å². The molecule has 9 aromatic rings. The zero-order chi connectivity index (χ0) is 67.2. The average molecular weight is 1290 g/mol. The Bertz CT molecular complexity index is 3610. The summed E-state index contributed by atoms with van der Waals surface area (Å²) >= 11 is 0. The number of hydrogen-bond donors (Lipinski definition) is 7. The van der Waals surface area contributed by atoms with E-state index in [1.54, 1.807) is 110 Å². The van der Waals surface area contributed by atoms with Crippen LogP contribution in [0, 0.1) is 0 Å². The van der Waals surface area contributed by atoms with Gasteiger partial charge in [-0.25, -0.2) is 13.6 Å². The molecule has 9 rings (SSSR count). The fraction of sp³-hybridized carbons (Fsp3) is 0.219. The Balaban J connectivity index is 0.000000271. The number of amides is 2. The fourth-order valence-corrected chi connectivity index (χ4v) is 8.16. The zero-order valence-corrected chi connectivity index (χ0v) is 52.5. The first-order valence-electron chi connectivity index (χ1n) is 29.4. The van der Waals surface area contributed by atoms with Gasteiger partial charge in [-0.2, -0.15) is 0 Å². The maximum atomic E-state index is 12.7. The summed E-state index contributed by atoms with van der Waals surface area (Å²) in [6.07, 6.45) is 0. The lowest BCUT2D eigenvalue weighted by Crippen LogP contribution is -2.30. The number of para-hydroxylation sites is 3. The molecule has 0 heterocycles. The molecule has 0 atom stereocenters. The molecule has 0 bridgehead atoms. The smallest absolute Gasteiger partial charge is 0.335 e. The molecule has 8 N–H and O–H groups in total. The summed E-state index contributed by atoms with van der Waals surface area (Å²) in [6.45, 7) is 7.26. The highest BCUT2D eigenvalue weighted by Gasteiger charge is 2.13. The third kappa shape index (κ3) is 26.9. The van der Waals surface area contributed by atoms with Gasteiger partial charge in [-0.05, 0) is 159 Å². The van der Waals surface area contributed by atoms with Crippen LogP contribution >= 0.6 is 0 Å². The highest BCUT2D eigenvalue weighted by atomic mass is 19.1. The van der Waals surface area contributed by atoms with E-state index in [1.807, 2.05) is 115 Å². The van der Waals surface area contributed by atoms with E-state index < -0.39 is 12.6 Å². The normalized spacial score (nSPS) is 10.1. The monoisotopic (exact) mass is 1290 g/mol. The number of methoxy groups -OCH3 is 3. The second kappa shape index (κ2) is 42.2. The van der Waals surface area contributed by atoms with Gasteiger partial charge in [0.2, 0.25) is 0 Å². The minimum absolute atomic E-state index is 0. The number of halogens is 2. The van der Waals surface area contributed by atoms with Crippen LogP contribution in [-0.4, -0.2) is 135 Å². The van der Waals surface area contributed by atoms with Crippen LogP contribution in [0.25, 0.3) is 0 Å². The molecule has 0 unspecified atom stereocenters. The quantitative estimate of drug-likeness (QED) is 0.0249. The van der Waals surface area contributed by atoms with Crippen LogP contribution in [0.5, 0.6) is 69.0 Å². The minimum Gasteiger partial charge on any atom is -0.504 e. The van der Waals surface area contributed by atoms with E-state index in [0.717, 1.165) is 30.3 Å². The van der Waals surface area contributed by atoms with Gasteiger partial charge >= 0.3 is 5.97 Å². The Kier molecular flexibility index (Phi) is 34.0. The Labute approximate surface area is 548 Å². The van der Waals surface area contributed by atoms with Gasteiger partial charge in [-0.3, -0.25) is 19.4 Å². The third-order valence-corrected chi connectivity index (χ3v) is 13.1. The number of aliphatic hydroxyl groups excluding tert-OH is 1. The molecular formula is C73H83F2N5O14. The molecule has 0 radical (unpaired) electrons. The summed E-state index contributed by atoms with van der Waals surface area (Å²) in [6, 6.07) is 62.8. The summed E-state index contributed by atoms with van der Waals surface area (Å²) in [7, 11) is 4.51. The van der Waals surface area contributed by atoms with Crippen LogP contribution < -0.4 is 49.5 Å². The molecule has 0 aromatic heterocycles. The first kappa shape index (κ1) is 75.6. The standard InChI is InChI=1S/C26H29FN2O4.C20H17NO4.C13H10O3.C7H9NO2.C6H14FNO.CH4/c1-3-29(16-15-27)17-18-32-25-19-21(11-14-24(25)31-2)28-26(30)20-9-12-23(13-10-20)33-22-7-5-4-6-8-22;1-24-19-12-9-15(13-18(19)22)21-20(23)14-7-10-17(11-8-14)25-16-5-3-2-4-6-16;14-13(15)10-6-8-12(9-7-10)16-11-4-2-1-3-5-11;1-10-7-3-2-5(8)4-6(7)9;1-2-8(4-3-7)5-6-9;/h4-14,19H,3,15-18H2,1-2H3,(H,28,30);2-13,22H,1H3,(H,21,23);1-9H,(H,14,15);2-4,9H,8H2,1H3;9H,2-6H2,1H3;1H4. The second-order valence-electron chi connectivity index (χ2n) is 19.5. The maximum absolute atomic E-state index is 12.7. The van der Waals surface area contributed by atoms with Crippen LogP contribution in [0.15, 0.2) is 218 Å². The fourth-order valence-electron chi connectivity index (χ4n) is 8.16. The highest BCUT2D eigenvalue weighted by Crippen LogP contribution is 2.32. The number of carboxylic acid groups (broad SMARTS) is 1. The summed E-state index contributed by atoms with van der Waals surface area (Å²) < 4.78 is 62.2. The number of carbonyl (C=O) groups excluding carboxylic acids is 2. The summed E-state index contributed by atoms with van der Waals surface area (Å²) in [5.41, 5.74) is 8.18. The van der Waals surface area contributed by atoms with Crippen molar-refractivity contribution in [3.8, 4) is 69.0 Å². The third-order valence-electron chi connectivity index (χ3n) is 13.1. The van der Waals surface area contributed by atoms with Crippen molar-refractivity contribution in [3.63, 3.8) is 0 Å². The van der Waals surface area contributed by atoms with Crippen molar-refractivity contribution >= 4 is 34.8 Å². The van der Waals surface area contributed by atoms with Crippen molar-refractivity contribution < 1.29 is 76.7 Å². The number of alkyl halides is 2. The SMILES string of the molecule is C.CCN(CCF)CCOc1cc(NC(=O)c2ccc(Oc3ccccc3)cc2)ccc1OC.CCN(CCO)CCF.COc1ccc(N)cc1O.COc1ccc(NC(=O)c2ccc(Oc3ccccc3)cc2)cc1O.O=C(O)c1ccc(Oc2ccccc2)cc1. The molecule has 21 heteroatoms. The van der Waals surface area contributed by atoms with Crippen molar-refractivity contribution in [3.05, 3.63) is 235 Å². The minimum atomic E-state index is -0.939. The van der Waals surface area contributed by atoms with E-state index in [1.165, 1.54) is 38.5 Å². The van der Waals surface area contributed by atoms with Crippen LogP contribution in [0.2, 0.25) is 0 Å². The number of carbonyl (C=O) groups is 3. The van der Waals surface area contributed by atoms with E-state index in [-0.39, 0.29) is 49.6 Å². The summed E-state index contributed by atoms with van der Waals surface area (Å²) in [4.78, 5) is 39.4. The molecule has 19 nitrogen and oxygen atoms in total. The Morgan fingerprint density at radius 3 is 1.17 bits per heavy atom. The predicted octanol–water partition coefficient (Wildman–Crippen LogP) is 14.9. The van der Waals surface area contributed by atoms with Crippen molar-refractivity contribution in [2.45, 2.75) is 21.3 Å². The number of ether oxygens (including phenoxy) is 7. The van der Waals surface area contributed by atoms with Crippen molar-refractivity contribution in [2.24, 2.45) is 0 Å². The second-order valence-corrected chi connectivity index (χ2v) is 19.5. The van der Waals surface area contributed by atoms with E-state index in [4.69, 9.17) is 54.2 Å². The van der Waals surface area contributed by atoms with Crippen molar-refractivity contribution in [2.75, 3.05) is 104 Å². The van der Waals surface area contributed by atoms with Gasteiger partial charge in [0.15, 0.2) is 34.5 Å². The predicted molar refractivity (Wildman–Crippen MR) is 364 cm³/mol. The number of hydrogen-bond acceptors (Lipinski definition) is 16. The zero-order valence-electron chi connectivity index (χ0n) is 52.5. The van der Waals surface area contributed by atoms with Crippen LogP contribution in [0.1, 0.15) is 52.3 Å². The molecule has 0 spiro atoms. The molecule has 0 saturated carbocycles. The average Bonchev–Trinajstić information content (AvgIpc) is 0.994. The Hall–Kier alpha value is -10.9. The number of aromatic hydroxyl groups is 2. The number of nitrogens with zero attached hydrogens (tertiary/aromatic N) is 2. The van der Waals surface area contributed by atoms with Crippen LogP contribution in [-0.2, 0) is 0 Å². The Morgan fingerprint density at radius 2 is 0.809 bits per heavy atom. The van der Waals surface area contributed by atoms with Gasteiger partial charge in [0, 0.05) is 72.6 Å². The molecule has 0 saturated heterocycles. The highest BCUT2D eigenvalue weighted by molar-refractivity contribution is 6.05. The number of aromatic carboxylic acids is 1. The van der Waals surface area contributed by atoms with Gasteiger partial charge in [0.25, 0.3) is 11.8 Å². The lowest BCUT2D eigenvalue weighted by atomic mass is 10.2. The maximum Gasteiger partial charge on any atom is 0.335 e. The molecule has 0 aliphatic rings. The lowest BCUT2D eigenvalue weighted by Gasteiger charge is -2.19. The number of likely N-dealkylation sites (N-methyl/N-ethyl adjacent to an activating group) is 2. The van der Waals surface area contributed by atoms with E-state index in [2.05, 4.69) is 10.6 Å². The first-order valence-corrected chi connectivity index (χ1v) is 29.4. The summed E-state index contributed by atoms with van der Waals surface area (Å²) in [5.74, 6) is 4.52. The number of phenols is 2. The van der Waals surface area contributed by atoms with E-state index in [9.17, 15) is 28.3 Å². The number of benzene rings is 9. The molecule has 2 amide bonds. The number of rotatable bonds is 26. The molecule has 9 aromatic carbocycles. The van der Waals surface area contributed by atoms with E-state index in [0.29, 0.717) is 101 Å². The van der Waals surface area contributed by atoms with Gasteiger partial charge < -0.3 is 70.0 Å². The van der Waals surface area contributed by atoms with Gasteiger partial charge in [0.1, 0.15) is 54.5 Å². The molecule has 0 aliphatic carbocycles. The lowest BCUT2D eigenvalue weighted by molar-refractivity contribution is 0.0696. The van der Waals surface area contributed by atoms with Crippen molar-refractivity contribution in [1.82, 2.24) is 9.80 Å². The topological polar surface area (TPSA) is 253 Å². The molecule has 0 aliphatic heterocycles. The molecule has 498 valence electrons. The Morgan fingerprint density at radius 1 is 0.447 bits per heavy atom. The number of anilines is 3. The van der Waals surface area contributed by atoms with Crippen LogP contribution in [0.4, 0.5) is 25.8 Å². The number of nitrogens with two attached hydrogens (primary N) is 1. The number of phenolic OH excluding ortho intramolecular Hbond substituents is 2. The number of aliphatic hydroxyl groups is 1. The molecule has 0 fully saturated rings. The number of nitrogens with one attached hydrogen (secondary N) is 2. The van der Waals surface area contributed by atoms with Gasteiger partial charge in [-0.1, -0.05) is 75.9 Å². The summed E-state index contributed by atoms with van der Waals surface area (Å²) in [5, 5.41) is 41.6. The van der Waals surface area contributed by atoms with E-state index >= 15 is 0 Å². The number of nitrogen functional groups attached to an aromatic ring is 1.